The second-order valence-corrected chi connectivity index (χ2v) is 2.67. The Morgan fingerprint density at radius 3 is 3.07 bits per heavy atom. The monoisotopic (exact) mass is 191 g/mol. The number of nitrogens with zero attached hydrogens (tertiary/aromatic N) is 2. The van der Waals surface area contributed by atoms with Gasteiger partial charge in [-0.05, 0) is 18.7 Å². The van der Waals surface area contributed by atoms with Crippen LogP contribution in [0.5, 0.6) is 0 Å². The van der Waals surface area contributed by atoms with Gasteiger partial charge in [-0.15, -0.1) is 0 Å². The number of pyridine rings is 1. The van der Waals surface area contributed by atoms with Crippen LogP contribution < -0.4 is 5.32 Å². The summed E-state index contributed by atoms with van der Waals surface area (Å²) in [6.45, 7) is 0.710. The Kier molecular flexibility index (Phi) is 3.77. The largest absolute Gasteiger partial charge is 0.316 e. The average Bonchev–Trinajstić information content (AvgIpc) is 2.18. The summed E-state index contributed by atoms with van der Waals surface area (Å²) in [5.41, 5.74) is 0.479. The first-order valence-corrected chi connectivity index (χ1v) is 4.14. The van der Waals surface area contributed by atoms with Gasteiger partial charge in [0.1, 0.15) is 6.07 Å². The molecule has 0 amide bonds. The van der Waals surface area contributed by atoms with Crippen molar-refractivity contribution in [3.8, 4) is 6.07 Å². The number of aromatic nitrogens is 1. The fourth-order valence-corrected chi connectivity index (χ4v) is 0.939. The van der Waals surface area contributed by atoms with E-state index >= 15 is 0 Å². The van der Waals surface area contributed by atoms with Crippen LogP contribution in [0, 0.1) is 17.1 Å². The van der Waals surface area contributed by atoms with E-state index in [2.05, 4.69) is 10.3 Å². The Morgan fingerprint density at radius 1 is 1.71 bits per heavy atom. The van der Waals surface area contributed by atoms with E-state index in [1.54, 1.807) is 12.1 Å². The number of hydrogen-bond donors (Lipinski definition) is 1. The fraction of sp³-hybridized carbons (Fsp3) is 0.200. The van der Waals surface area contributed by atoms with Gasteiger partial charge in [-0.3, -0.25) is 0 Å². The van der Waals surface area contributed by atoms with Gasteiger partial charge in [-0.1, -0.05) is 12.2 Å². The molecule has 72 valence electrons. The number of halogens is 1. The highest BCUT2D eigenvalue weighted by Crippen LogP contribution is 2.07. The molecule has 0 radical (unpaired) electrons. The first-order valence-electron chi connectivity index (χ1n) is 4.14. The van der Waals surface area contributed by atoms with Crippen molar-refractivity contribution < 1.29 is 4.39 Å². The first kappa shape index (κ1) is 10.4. The minimum Gasteiger partial charge on any atom is -0.316 e. The Balaban J connectivity index is 2.82. The van der Waals surface area contributed by atoms with E-state index in [0.717, 1.165) is 0 Å². The minimum absolute atomic E-state index is 0.171. The van der Waals surface area contributed by atoms with E-state index in [1.807, 2.05) is 13.1 Å². The Hall–Kier alpha value is -1.73. The molecule has 1 aromatic heterocycles. The zero-order chi connectivity index (χ0) is 10.4. The van der Waals surface area contributed by atoms with Crippen LogP contribution in [-0.2, 0) is 0 Å². The molecule has 0 spiro atoms. The van der Waals surface area contributed by atoms with Gasteiger partial charge >= 0.3 is 0 Å². The third kappa shape index (κ3) is 2.64. The molecule has 14 heavy (non-hydrogen) atoms. The Labute approximate surface area is 81.9 Å². The highest BCUT2D eigenvalue weighted by molar-refractivity contribution is 5.49. The molecular formula is C10H10FN3. The van der Waals surface area contributed by atoms with Gasteiger partial charge in [0.2, 0.25) is 0 Å². The molecule has 0 atom stereocenters. The molecule has 0 bridgehead atoms. The van der Waals surface area contributed by atoms with Gasteiger partial charge in [0.25, 0.3) is 0 Å². The molecule has 0 unspecified atom stereocenters. The summed E-state index contributed by atoms with van der Waals surface area (Å²) >= 11 is 0. The summed E-state index contributed by atoms with van der Waals surface area (Å²) in [6.07, 6.45) is 5.06. The van der Waals surface area contributed by atoms with Gasteiger partial charge < -0.3 is 5.32 Å². The van der Waals surface area contributed by atoms with E-state index in [1.165, 1.54) is 12.3 Å². The average molecular weight is 191 g/mol. The normalized spacial score (nSPS) is 10.4. The quantitative estimate of drug-likeness (QED) is 0.784. The summed E-state index contributed by atoms with van der Waals surface area (Å²) < 4.78 is 13.0. The predicted molar refractivity (Wildman–Crippen MR) is 51.9 cm³/mol. The van der Waals surface area contributed by atoms with E-state index in [0.29, 0.717) is 12.1 Å². The van der Waals surface area contributed by atoms with Crippen LogP contribution in [0.25, 0.3) is 6.08 Å². The molecule has 0 aliphatic carbocycles. The molecule has 0 saturated carbocycles. The van der Waals surface area contributed by atoms with Crippen LogP contribution in [0.2, 0.25) is 0 Å². The first-order chi connectivity index (χ1) is 6.77. The highest BCUT2D eigenvalue weighted by atomic mass is 19.1. The van der Waals surface area contributed by atoms with Crippen molar-refractivity contribution in [3.05, 3.63) is 35.4 Å². The maximum Gasteiger partial charge on any atom is 0.176 e. The molecular weight excluding hydrogens is 181 g/mol. The lowest BCUT2D eigenvalue weighted by molar-refractivity contribution is 0.616. The van der Waals surface area contributed by atoms with E-state index < -0.39 is 5.82 Å². The third-order valence-electron chi connectivity index (χ3n) is 1.60. The van der Waals surface area contributed by atoms with Crippen LogP contribution in [0.15, 0.2) is 18.3 Å². The second kappa shape index (κ2) is 5.10. The highest BCUT2D eigenvalue weighted by Gasteiger charge is 2.01. The number of rotatable bonds is 3. The van der Waals surface area contributed by atoms with Gasteiger partial charge in [0.15, 0.2) is 11.5 Å². The summed E-state index contributed by atoms with van der Waals surface area (Å²) in [7, 11) is 1.82. The van der Waals surface area contributed by atoms with E-state index in [9.17, 15) is 4.39 Å². The number of nitriles is 1. The summed E-state index contributed by atoms with van der Waals surface area (Å²) in [6, 6.07) is 2.96. The maximum absolute atomic E-state index is 13.0. The van der Waals surface area contributed by atoms with Crippen LogP contribution >= 0.6 is 0 Å². The maximum atomic E-state index is 13.0. The van der Waals surface area contributed by atoms with E-state index in [4.69, 9.17) is 5.26 Å². The second-order valence-electron chi connectivity index (χ2n) is 2.67. The van der Waals surface area contributed by atoms with Crippen LogP contribution in [0.3, 0.4) is 0 Å². The lowest BCUT2D eigenvalue weighted by atomic mass is 10.2. The minimum atomic E-state index is -0.584. The predicted octanol–water partition coefficient (Wildman–Crippen LogP) is 1.32. The zero-order valence-electron chi connectivity index (χ0n) is 7.79. The molecule has 0 saturated heterocycles. The zero-order valence-corrected chi connectivity index (χ0v) is 7.79. The van der Waals surface area contributed by atoms with Gasteiger partial charge in [0.05, 0.1) is 0 Å². The molecule has 0 aliphatic heterocycles. The molecule has 1 N–H and O–H groups in total. The van der Waals surface area contributed by atoms with Crippen LogP contribution in [0.4, 0.5) is 4.39 Å². The van der Waals surface area contributed by atoms with Crippen molar-refractivity contribution >= 4 is 6.08 Å². The summed E-state index contributed by atoms with van der Waals surface area (Å²) in [5.74, 6) is -0.584. The lowest BCUT2D eigenvalue weighted by Gasteiger charge is -1.95. The third-order valence-corrected chi connectivity index (χ3v) is 1.60. The van der Waals surface area contributed by atoms with Gasteiger partial charge in [-0.2, -0.15) is 5.26 Å². The number of likely N-dealkylation sites (N-methyl/N-ethyl adjacent to an activating group) is 1. The van der Waals surface area contributed by atoms with Crippen LogP contribution in [-0.4, -0.2) is 18.6 Å². The molecule has 1 heterocycles. The molecule has 3 nitrogen and oxygen atoms in total. The Morgan fingerprint density at radius 2 is 2.50 bits per heavy atom. The van der Waals surface area contributed by atoms with Crippen molar-refractivity contribution in [1.29, 1.82) is 5.26 Å². The molecule has 4 heteroatoms. The number of nitrogens with one attached hydrogen (secondary N) is 1. The molecule has 1 rings (SSSR count). The van der Waals surface area contributed by atoms with Crippen molar-refractivity contribution in [2.24, 2.45) is 0 Å². The van der Waals surface area contributed by atoms with Gasteiger partial charge in [0, 0.05) is 12.7 Å². The topological polar surface area (TPSA) is 48.7 Å². The molecule has 0 aliphatic rings. The SMILES string of the molecule is CNCC=Cc1cnc(C#N)c(F)c1. The summed E-state index contributed by atoms with van der Waals surface area (Å²) in [5, 5.41) is 11.4. The number of hydrogen-bond acceptors (Lipinski definition) is 3. The van der Waals surface area contributed by atoms with Crippen molar-refractivity contribution in [2.45, 2.75) is 0 Å². The standard InChI is InChI=1S/C10H10FN3/c1-13-4-2-3-8-5-9(11)10(6-12)14-7-8/h2-3,5,7,13H,4H2,1H3. The van der Waals surface area contributed by atoms with Gasteiger partial charge in [-0.25, -0.2) is 9.37 Å². The summed E-state index contributed by atoms with van der Waals surface area (Å²) in [4.78, 5) is 3.67. The Bertz CT molecular complexity index is 379. The van der Waals surface area contributed by atoms with E-state index in [-0.39, 0.29) is 5.69 Å². The molecule has 1 aromatic rings. The van der Waals surface area contributed by atoms with Crippen molar-refractivity contribution in [3.63, 3.8) is 0 Å². The molecule has 0 aromatic carbocycles. The molecule has 0 fully saturated rings. The fourth-order valence-electron chi connectivity index (χ4n) is 0.939. The smallest absolute Gasteiger partial charge is 0.176 e. The van der Waals surface area contributed by atoms with Crippen molar-refractivity contribution in [1.82, 2.24) is 10.3 Å². The lowest BCUT2D eigenvalue weighted by Crippen LogP contribution is -2.03. The van der Waals surface area contributed by atoms with Crippen LogP contribution in [0.1, 0.15) is 11.3 Å². The van der Waals surface area contributed by atoms with Crippen molar-refractivity contribution in [2.75, 3.05) is 13.6 Å².